The smallest absolute Gasteiger partial charge is 0.275 e. The molecule has 0 spiro atoms. The molecule has 0 fully saturated rings. The molecule has 0 atom stereocenters. The molecule has 0 aliphatic heterocycles. The molecule has 0 radical (unpaired) electrons. The molecule has 0 saturated heterocycles. The lowest BCUT2D eigenvalue weighted by Crippen LogP contribution is -2.14. The Labute approximate surface area is 111 Å². The molecule has 0 aliphatic rings. The van der Waals surface area contributed by atoms with Gasteiger partial charge in [-0.1, -0.05) is 0 Å². The van der Waals surface area contributed by atoms with E-state index in [0.717, 1.165) is 11.1 Å². The first-order valence-corrected chi connectivity index (χ1v) is 5.84. The van der Waals surface area contributed by atoms with E-state index < -0.39 is 0 Å². The van der Waals surface area contributed by atoms with Crippen LogP contribution in [0.4, 0.5) is 5.69 Å². The van der Waals surface area contributed by atoms with E-state index in [4.69, 9.17) is 4.74 Å². The summed E-state index contributed by atoms with van der Waals surface area (Å²) in [7, 11) is 1.57. The van der Waals surface area contributed by atoms with E-state index >= 15 is 0 Å². The Balaban J connectivity index is 2.28. The van der Waals surface area contributed by atoms with E-state index in [1.54, 1.807) is 7.11 Å². The molecule has 1 heterocycles. The van der Waals surface area contributed by atoms with Crippen LogP contribution in [0.15, 0.2) is 30.7 Å². The number of carbonyl (C=O) groups excluding carboxylic acids is 1. The number of carbonyl (C=O) groups is 1. The fourth-order valence-electron chi connectivity index (χ4n) is 1.66. The Hall–Kier alpha value is -2.43. The van der Waals surface area contributed by atoms with E-state index in [0.29, 0.717) is 11.4 Å². The molecule has 0 aliphatic carbocycles. The van der Waals surface area contributed by atoms with Crippen molar-refractivity contribution in [3.8, 4) is 5.75 Å². The van der Waals surface area contributed by atoms with Crippen LogP contribution in [-0.4, -0.2) is 23.0 Å². The second-order valence-electron chi connectivity index (χ2n) is 4.18. The highest BCUT2D eigenvalue weighted by Gasteiger charge is 2.12. The second-order valence-corrected chi connectivity index (χ2v) is 4.18. The topological polar surface area (TPSA) is 64.1 Å². The molecule has 5 heteroatoms. The van der Waals surface area contributed by atoms with Crippen molar-refractivity contribution in [3.63, 3.8) is 0 Å². The Kier molecular flexibility index (Phi) is 3.75. The third-order valence-electron chi connectivity index (χ3n) is 2.86. The van der Waals surface area contributed by atoms with Gasteiger partial charge < -0.3 is 10.1 Å². The van der Waals surface area contributed by atoms with Crippen molar-refractivity contribution >= 4 is 11.6 Å². The van der Waals surface area contributed by atoms with E-state index in [1.165, 1.54) is 18.6 Å². The summed E-state index contributed by atoms with van der Waals surface area (Å²) in [6.45, 7) is 3.97. The van der Waals surface area contributed by atoms with Crippen LogP contribution in [0, 0.1) is 13.8 Å². The van der Waals surface area contributed by atoms with Gasteiger partial charge in [0.05, 0.1) is 19.0 Å². The van der Waals surface area contributed by atoms with Crippen molar-refractivity contribution in [1.29, 1.82) is 0 Å². The summed E-state index contributed by atoms with van der Waals surface area (Å²) in [5, 5.41) is 2.78. The quantitative estimate of drug-likeness (QED) is 0.916. The van der Waals surface area contributed by atoms with E-state index in [-0.39, 0.29) is 11.6 Å². The highest BCUT2D eigenvalue weighted by molar-refractivity contribution is 6.03. The van der Waals surface area contributed by atoms with E-state index in [1.807, 2.05) is 26.0 Å². The van der Waals surface area contributed by atoms with E-state index in [9.17, 15) is 4.79 Å². The Morgan fingerprint density at radius 2 is 1.95 bits per heavy atom. The number of nitrogens with zero attached hydrogens (tertiary/aromatic N) is 2. The summed E-state index contributed by atoms with van der Waals surface area (Å²) in [6.07, 6.45) is 4.42. The maximum atomic E-state index is 12.0. The molecular formula is C14H15N3O2. The third kappa shape index (κ3) is 2.88. The SMILES string of the molecule is COc1cc(C)c(C)cc1NC(=O)c1cnccn1. The molecule has 0 unspecified atom stereocenters. The van der Waals surface area contributed by atoms with Crippen LogP contribution in [0.3, 0.4) is 0 Å². The summed E-state index contributed by atoms with van der Waals surface area (Å²) in [4.78, 5) is 19.8. The Morgan fingerprint density at radius 3 is 2.58 bits per heavy atom. The molecule has 1 aromatic carbocycles. The minimum Gasteiger partial charge on any atom is -0.495 e. The molecular weight excluding hydrogens is 242 g/mol. The van der Waals surface area contributed by atoms with Gasteiger partial charge in [-0.3, -0.25) is 9.78 Å². The number of rotatable bonds is 3. The number of aromatic nitrogens is 2. The van der Waals surface area contributed by atoms with Crippen molar-refractivity contribution in [2.24, 2.45) is 0 Å². The van der Waals surface area contributed by atoms with Crippen molar-refractivity contribution in [2.45, 2.75) is 13.8 Å². The number of hydrogen-bond acceptors (Lipinski definition) is 4. The minimum atomic E-state index is -0.311. The molecule has 1 aromatic heterocycles. The molecule has 2 rings (SSSR count). The summed E-state index contributed by atoms with van der Waals surface area (Å²) >= 11 is 0. The van der Waals surface area contributed by atoms with Crippen LogP contribution >= 0.6 is 0 Å². The fourth-order valence-corrected chi connectivity index (χ4v) is 1.66. The first-order chi connectivity index (χ1) is 9.11. The van der Waals surface area contributed by atoms with Gasteiger partial charge in [-0.15, -0.1) is 0 Å². The van der Waals surface area contributed by atoms with Crippen LogP contribution in [0.2, 0.25) is 0 Å². The molecule has 0 bridgehead atoms. The van der Waals surface area contributed by atoms with Gasteiger partial charge in [0.2, 0.25) is 0 Å². The van der Waals surface area contributed by atoms with Gasteiger partial charge in [0.1, 0.15) is 11.4 Å². The molecule has 98 valence electrons. The monoisotopic (exact) mass is 257 g/mol. The van der Waals surface area contributed by atoms with Gasteiger partial charge in [-0.2, -0.15) is 0 Å². The molecule has 1 amide bonds. The molecule has 5 nitrogen and oxygen atoms in total. The van der Waals surface area contributed by atoms with E-state index in [2.05, 4.69) is 15.3 Å². The number of aryl methyl sites for hydroxylation is 2. The summed E-state index contributed by atoms with van der Waals surface area (Å²) in [6, 6.07) is 3.77. The van der Waals surface area contributed by atoms with Crippen LogP contribution in [0.1, 0.15) is 21.6 Å². The number of methoxy groups -OCH3 is 1. The Morgan fingerprint density at radius 1 is 1.21 bits per heavy atom. The zero-order valence-corrected chi connectivity index (χ0v) is 11.1. The van der Waals surface area contributed by atoms with Gasteiger partial charge in [-0.05, 0) is 37.1 Å². The van der Waals surface area contributed by atoms with Gasteiger partial charge in [0.15, 0.2) is 0 Å². The van der Waals surface area contributed by atoms with Crippen LogP contribution in [0.25, 0.3) is 0 Å². The van der Waals surface area contributed by atoms with Crippen molar-refractivity contribution in [3.05, 3.63) is 47.5 Å². The molecule has 2 aromatic rings. The van der Waals surface area contributed by atoms with Crippen molar-refractivity contribution < 1.29 is 9.53 Å². The lowest BCUT2D eigenvalue weighted by atomic mass is 10.1. The molecule has 1 N–H and O–H groups in total. The van der Waals surface area contributed by atoms with Crippen molar-refractivity contribution in [2.75, 3.05) is 12.4 Å². The Bertz CT molecular complexity index is 597. The van der Waals surface area contributed by atoms with Crippen LogP contribution in [0.5, 0.6) is 5.75 Å². The highest BCUT2D eigenvalue weighted by Crippen LogP contribution is 2.28. The number of ether oxygens (including phenoxy) is 1. The first-order valence-electron chi connectivity index (χ1n) is 5.84. The predicted molar refractivity (Wildman–Crippen MR) is 72.5 cm³/mol. The minimum absolute atomic E-state index is 0.266. The standard InChI is InChI=1S/C14H15N3O2/c1-9-6-11(13(19-3)7-10(9)2)17-14(18)12-8-15-4-5-16-12/h4-8H,1-3H3,(H,17,18). The second kappa shape index (κ2) is 5.48. The normalized spacial score (nSPS) is 10.1. The summed E-state index contributed by atoms with van der Waals surface area (Å²) in [5.41, 5.74) is 3.08. The zero-order chi connectivity index (χ0) is 13.8. The van der Waals surface area contributed by atoms with Crippen LogP contribution in [-0.2, 0) is 0 Å². The average molecular weight is 257 g/mol. The van der Waals surface area contributed by atoms with Gasteiger partial charge in [0, 0.05) is 12.4 Å². The number of amides is 1. The average Bonchev–Trinajstić information content (AvgIpc) is 2.43. The molecule has 0 saturated carbocycles. The maximum absolute atomic E-state index is 12.0. The zero-order valence-electron chi connectivity index (χ0n) is 11.1. The number of anilines is 1. The maximum Gasteiger partial charge on any atom is 0.275 e. The third-order valence-corrected chi connectivity index (χ3v) is 2.86. The summed E-state index contributed by atoms with van der Waals surface area (Å²) in [5.74, 6) is 0.315. The number of benzene rings is 1. The predicted octanol–water partition coefficient (Wildman–Crippen LogP) is 2.35. The van der Waals surface area contributed by atoms with Gasteiger partial charge in [-0.25, -0.2) is 4.98 Å². The highest BCUT2D eigenvalue weighted by atomic mass is 16.5. The van der Waals surface area contributed by atoms with Gasteiger partial charge >= 0.3 is 0 Å². The lowest BCUT2D eigenvalue weighted by molar-refractivity contribution is 0.102. The molecule has 19 heavy (non-hydrogen) atoms. The van der Waals surface area contributed by atoms with Gasteiger partial charge in [0.25, 0.3) is 5.91 Å². The van der Waals surface area contributed by atoms with Crippen molar-refractivity contribution in [1.82, 2.24) is 9.97 Å². The summed E-state index contributed by atoms with van der Waals surface area (Å²) < 4.78 is 5.27. The first kappa shape index (κ1) is 13.0. The lowest BCUT2D eigenvalue weighted by Gasteiger charge is -2.12. The van der Waals surface area contributed by atoms with Crippen LogP contribution < -0.4 is 10.1 Å². The largest absolute Gasteiger partial charge is 0.495 e. The fraction of sp³-hybridized carbons (Fsp3) is 0.214. The number of nitrogens with one attached hydrogen (secondary N) is 1. The number of hydrogen-bond donors (Lipinski definition) is 1.